The molecule has 2 aliphatic rings. The fourth-order valence-corrected chi connectivity index (χ4v) is 5.74. The normalized spacial score (nSPS) is 20.7. The van der Waals surface area contributed by atoms with Gasteiger partial charge in [0.25, 0.3) is 0 Å². The van der Waals surface area contributed by atoms with E-state index in [0.29, 0.717) is 38.5 Å². The summed E-state index contributed by atoms with van der Waals surface area (Å²) in [6.07, 6.45) is 0.924. The Morgan fingerprint density at radius 3 is 2.73 bits per heavy atom. The Bertz CT molecular complexity index is 1340. The monoisotopic (exact) mass is 610 g/mol. The lowest BCUT2D eigenvalue weighted by molar-refractivity contribution is -0.152. The van der Waals surface area contributed by atoms with E-state index in [4.69, 9.17) is 18.9 Å². The molecule has 1 aromatic heterocycles. The molecule has 0 radical (unpaired) electrons. The standard InChI is InChI=1S/C31H42N6O7/c1-23(17-37-22-32-33-34-37)19-42-20-24-4-7-26(8-5-24)31(40)10-12-36(30(38)39)18-29(31)44-21-25-6-9-28-27(16-25)35(13-15-43-28)11-3-14-41-2/h4-9,16,22-23,29,40H,3,10-15,17-21H2,1-2H3,(H,38,39)/t23-,29-,31-/m0/s1. The third-order valence-electron chi connectivity index (χ3n) is 8.18. The lowest BCUT2D eigenvalue weighted by atomic mass is 9.81. The Morgan fingerprint density at radius 2 is 1.98 bits per heavy atom. The minimum Gasteiger partial charge on any atom is -0.490 e. The van der Waals surface area contributed by atoms with Crippen LogP contribution in [0.1, 0.15) is 36.5 Å². The number of methoxy groups -OCH3 is 1. The van der Waals surface area contributed by atoms with E-state index in [0.717, 1.165) is 42.1 Å². The highest BCUT2D eigenvalue weighted by molar-refractivity contribution is 5.65. The summed E-state index contributed by atoms with van der Waals surface area (Å²) in [6.45, 7) is 7.16. The van der Waals surface area contributed by atoms with Crippen LogP contribution in [0, 0.1) is 5.92 Å². The van der Waals surface area contributed by atoms with Gasteiger partial charge in [-0.25, -0.2) is 9.48 Å². The fourth-order valence-electron chi connectivity index (χ4n) is 5.74. The van der Waals surface area contributed by atoms with E-state index in [2.05, 4.69) is 33.4 Å². The second-order valence-corrected chi connectivity index (χ2v) is 11.5. The van der Waals surface area contributed by atoms with Crippen LogP contribution in [-0.2, 0) is 39.6 Å². The molecule has 1 amide bonds. The third kappa shape index (κ3) is 7.83. The summed E-state index contributed by atoms with van der Waals surface area (Å²) in [5.41, 5.74) is 2.23. The number of aliphatic hydroxyl groups is 1. The number of ether oxygens (including phenoxy) is 4. The number of amides is 1. The summed E-state index contributed by atoms with van der Waals surface area (Å²) in [5, 5.41) is 32.8. The van der Waals surface area contributed by atoms with E-state index >= 15 is 0 Å². The molecular formula is C31H42N6O7. The van der Waals surface area contributed by atoms with Crippen LogP contribution >= 0.6 is 0 Å². The Balaban J connectivity index is 1.23. The Labute approximate surface area is 257 Å². The van der Waals surface area contributed by atoms with Crippen LogP contribution in [-0.4, -0.2) is 101 Å². The van der Waals surface area contributed by atoms with Gasteiger partial charge in [0.1, 0.15) is 30.4 Å². The molecule has 238 valence electrons. The number of nitrogens with zero attached hydrogens (tertiary/aromatic N) is 6. The Hall–Kier alpha value is -3.78. The largest absolute Gasteiger partial charge is 0.490 e. The first-order chi connectivity index (χ1) is 21.4. The molecule has 2 N–H and O–H groups in total. The molecule has 0 spiro atoms. The molecular weight excluding hydrogens is 568 g/mol. The average Bonchev–Trinajstić information content (AvgIpc) is 3.54. The highest BCUT2D eigenvalue weighted by atomic mass is 16.5. The molecule has 2 aliphatic heterocycles. The van der Waals surface area contributed by atoms with Gasteiger partial charge in [-0.15, -0.1) is 5.10 Å². The summed E-state index contributed by atoms with van der Waals surface area (Å²) in [5.74, 6) is 1.06. The van der Waals surface area contributed by atoms with Crippen molar-refractivity contribution in [3.8, 4) is 5.75 Å². The van der Waals surface area contributed by atoms with Gasteiger partial charge >= 0.3 is 6.09 Å². The van der Waals surface area contributed by atoms with Gasteiger partial charge in [-0.3, -0.25) is 0 Å². The molecule has 13 heteroatoms. The van der Waals surface area contributed by atoms with E-state index in [1.54, 1.807) is 18.1 Å². The maximum absolute atomic E-state index is 12.0. The molecule has 44 heavy (non-hydrogen) atoms. The number of piperidine rings is 1. The molecule has 1 fully saturated rings. The summed E-state index contributed by atoms with van der Waals surface area (Å²) >= 11 is 0. The number of anilines is 1. The number of rotatable bonds is 14. The van der Waals surface area contributed by atoms with Gasteiger partial charge < -0.3 is 39.0 Å². The smallest absolute Gasteiger partial charge is 0.407 e. The quantitative estimate of drug-likeness (QED) is 0.260. The van der Waals surface area contributed by atoms with Gasteiger partial charge in [0.2, 0.25) is 0 Å². The molecule has 0 aliphatic carbocycles. The Morgan fingerprint density at radius 1 is 1.16 bits per heavy atom. The van der Waals surface area contributed by atoms with Gasteiger partial charge in [-0.05, 0) is 51.6 Å². The van der Waals surface area contributed by atoms with Crippen LogP contribution in [0.25, 0.3) is 0 Å². The molecule has 2 aromatic carbocycles. The molecule has 5 rings (SSSR count). The van der Waals surface area contributed by atoms with Gasteiger partial charge in [0.05, 0.1) is 38.6 Å². The second kappa shape index (κ2) is 14.8. The molecule has 0 unspecified atom stereocenters. The summed E-state index contributed by atoms with van der Waals surface area (Å²) in [4.78, 5) is 15.4. The zero-order valence-electron chi connectivity index (χ0n) is 25.4. The first-order valence-corrected chi connectivity index (χ1v) is 15.0. The van der Waals surface area contributed by atoms with E-state index < -0.39 is 17.8 Å². The molecule has 0 saturated carbocycles. The maximum Gasteiger partial charge on any atom is 0.407 e. The molecule has 3 aromatic rings. The predicted molar refractivity (Wildman–Crippen MR) is 160 cm³/mol. The highest BCUT2D eigenvalue weighted by Crippen LogP contribution is 2.37. The lowest BCUT2D eigenvalue weighted by Gasteiger charge is -2.43. The number of likely N-dealkylation sites (tertiary alicyclic amines) is 1. The van der Waals surface area contributed by atoms with Crippen molar-refractivity contribution in [2.45, 2.75) is 51.2 Å². The summed E-state index contributed by atoms with van der Waals surface area (Å²) < 4.78 is 25.0. The number of fused-ring (bicyclic) bond motifs is 1. The van der Waals surface area contributed by atoms with Crippen LogP contribution in [0.4, 0.5) is 10.5 Å². The molecule has 3 atom stereocenters. The lowest BCUT2D eigenvalue weighted by Crippen LogP contribution is -2.55. The van der Waals surface area contributed by atoms with Crippen molar-refractivity contribution in [2.24, 2.45) is 5.92 Å². The highest BCUT2D eigenvalue weighted by Gasteiger charge is 2.45. The van der Waals surface area contributed by atoms with Crippen LogP contribution in [0.5, 0.6) is 5.75 Å². The average molecular weight is 611 g/mol. The number of hydrogen-bond acceptors (Lipinski definition) is 10. The van der Waals surface area contributed by atoms with E-state index in [1.807, 2.05) is 36.4 Å². The number of carboxylic acid groups (broad SMARTS) is 1. The van der Waals surface area contributed by atoms with Gasteiger partial charge in [0, 0.05) is 39.8 Å². The number of hydrogen-bond donors (Lipinski definition) is 2. The molecule has 13 nitrogen and oxygen atoms in total. The van der Waals surface area contributed by atoms with Crippen molar-refractivity contribution in [3.05, 3.63) is 65.5 Å². The maximum atomic E-state index is 12.0. The van der Waals surface area contributed by atoms with Gasteiger partial charge in [-0.1, -0.05) is 37.3 Å². The van der Waals surface area contributed by atoms with Gasteiger partial charge in [0.15, 0.2) is 0 Å². The van der Waals surface area contributed by atoms with Crippen molar-refractivity contribution in [3.63, 3.8) is 0 Å². The topological polar surface area (TPSA) is 145 Å². The van der Waals surface area contributed by atoms with E-state index in [9.17, 15) is 15.0 Å². The fraction of sp³-hybridized carbons (Fsp3) is 0.548. The van der Waals surface area contributed by atoms with Crippen molar-refractivity contribution in [1.29, 1.82) is 0 Å². The minimum absolute atomic E-state index is 0.0626. The second-order valence-electron chi connectivity index (χ2n) is 11.5. The molecule has 0 bridgehead atoms. The molecule has 3 heterocycles. The number of benzene rings is 2. The first kappa shape index (κ1) is 31.6. The van der Waals surface area contributed by atoms with Crippen LogP contribution in [0.2, 0.25) is 0 Å². The first-order valence-electron chi connectivity index (χ1n) is 15.0. The van der Waals surface area contributed by atoms with Crippen molar-refractivity contribution in [1.82, 2.24) is 25.1 Å². The van der Waals surface area contributed by atoms with Crippen molar-refractivity contribution in [2.75, 3.05) is 58.0 Å². The zero-order chi connectivity index (χ0) is 30.9. The summed E-state index contributed by atoms with van der Waals surface area (Å²) in [7, 11) is 1.70. The van der Waals surface area contributed by atoms with E-state index in [-0.39, 0.29) is 32.0 Å². The number of carbonyl (C=O) groups is 1. The zero-order valence-corrected chi connectivity index (χ0v) is 25.4. The Kier molecular flexibility index (Phi) is 10.6. The van der Waals surface area contributed by atoms with E-state index in [1.165, 1.54) is 4.90 Å². The summed E-state index contributed by atoms with van der Waals surface area (Å²) in [6, 6.07) is 13.6. The number of tetrazole rings is 1. The predicted octanol–water partition coefficient (Wildman–Crippen LogP) is 2.92. The molecule has 1 saturated heterocycles. The number of aromatic nitrogens is 4. The van der Waals surface area contributed by atoms with Crippen LogP contribution < -0.4 is 9.64 Å². The third-order valence-corrected chi connectivity index (χ3v) is 8.18. The van der Waals surface area contributed by atoms with Crippen LogP contribution in [0.15, 0.2) is 48.8 Å². The van der Waals surface area contributed by atoms with Crippen molar-refractivity contribution < 1.29 is 34.0 Å². The minimum atomic E-state index is -1.35. The van der Waals surface area contributed by atoms with Crippen LogP contribution in [0.3, 0.4) is 0 Å². The van der Waals surface area contributed by atoms with Gasteiger partial charge in [-0.2, -0.15) is 0 Å². The van der Waals surface area contributed by atoms with Crippen molar-refractivity contribution >= 4 is 11.8 Å². The SMILES string of the molecule is COCCCN1CCOc2ccc(CO[C@H]3CN(C(=O)O)CC[C@]3(O)c3ccc(COC[C@@H](C)Cn4cnnn4)cc3)cc21.